The van der Waals surface area contributed by atoms with Crippen LogP contribution in [0.5, 0.6) is 0 Å². The predicted molar refractivity (Wildman–Crippen MR) is 79.2 cm³/mol. The molecule has 2 aromatic rings. The number of nitrogens with one attached hydrogen (secondary N) is 1. The summed E-state index contributed by atoms with van der Waals surface area (Å²) < 4.78 is 1.06. The molecule has 1 aromatic carbocycles. The van der Waals surface area contributed by atoms with Crippen LogP contribution in [0.4, 0.5) is 9.93 Å². The van der Waals surface area contributed by atoms with Crippen LogP contribution in [-0.4, -0.2) is 34.8 Å². The predicted octanol–water partition coefficient (Wildman–Crippen LogP) is 2.80. The molecular formula is C14H15N3O2S. The number of amides is 2. The maximum absolute atomic E-state index is 12.1. The van der Waals surface area contributed by atoms with Crippen LogP contribution in [0.25, 0.3) is 10.2 Å². The summed E-state index contributed by atoms with van der Waals surface area (Å²) in [6.45, 7) is 3.02. The van der Waals surface area contributed by atoms with E-state index >= 15 is 0 Å². The Hall–Kier alpha value is -1.95. The Balaban J connectivity index is 1.72. The van der Waals surface area contributed by atoms with Crippen LogP contribution < -0.4 is 5.32 Å². The van der Waals surface area contributed by atoms with E-state index in [0.717, 1.165) is 10.2 Å². The third-order valence-electron chi connectivity index (χ3n) is 3.37. The first-order valence-corrected chi connectivity index (χ1v) is 7.38. The monoisotopic (exact) mass is 289 g/mol. The van der Waals surface area contributed by atoms with Crippen molar-refractivity contribution in [3.05, 3.63) is 23.8 Å². The summed E-state index contributed by atoms with van der Waals surface area (Å²) in [7, 11) is 0. The van der Waals surface area contributed by atoms with E-state index in [2.05, 4.69) is 16.4 Å². The molecule has 1 fully saturated rings. The fraction of sp³-hybridized carbons (Fsp3) is 0.357. The van der Waals surface area contributed by atoms with Crippen molar-refractivity contribution in [2.75, 3.05) is 18.4 Å². The van der Waals surface area contributed by atoms with E-state index in [9.17, 15) is 9.59 Å². The minimum Gasteiger partial charge on any atom is -0.324 e. The molecule has 0 saturated carbocycles. The van der Waals surface area contributed by atoms with Crippen LogP contribution in [0.1, 0.15) is 18.4 Å². The Labute approximate surface area is 120 Å². The van der Waals surface area contributed by atoms with Crippen LogP contribution in [0.2, 0.25) is 0 Å². The van der Waals surface area contributed by atoms with Gasteiger partial charge in [0.05, 0.1) is 10.2 Å². The molecule has 20 heavy (non-hydrogen) atoms. The maximum atomic E-state index is 12.1. The summed E-state index contributed by atoms with van der Waals surface area (Å²) in [4.78, 5) is 29.3. The highest BCUT2D eigenvalue weighted by Crippen LogP contribution is 2.27. The van der Waals surface area contributed by atoms with Crippen LogP contribution >= 0.6 is 11.3 Å². The average Bonchev–Trinajstić information content (AvgIpc) is 2.80. The lowest BCUT2D eigenvalue weighted by Gasteiger charge is -2.25. The van der Waals surface area contributed by atoms with Gasteiger partial charge in [0.2, 0.25) is 0 Å². The number of anilines is 1. The number of aromatic nitrogens is 1. The number of benzene rings is 1. The second kappa shape index (κ2) is 5.20. The molecule has 6 heteroatoms. The summed E-state index contributed by atoms with van der Waals surface area (Å²) in [5.41, 5.74) is 2.07. The van der Waals surface area contributed by atoms with Crippen molar-refractivity contribution in [1.82, 2.24) is 9.88 Å². The molecular weight excluding hydrogens is 274 g/mol. The lowest BCUT2D eigenvalue weighted by atomic mass is 10.1. The van der Waals surface area contributed by atoms with Gasteiger partial charge in [-0.1, -0.05) is 17.4 Å². The normalized spacial score (nSPS) is 15.7. The number of aryl methyl sites for hydroxylation is 1. The summed E-state index contributed by atoms with van der Waals surface area (Å²) >= 11 is 1.47. The van der Waals surface area contributed by atoms with Gasteiger partial charge in [-0.25, -0.2) is 9.78 Å². The SMILES string of the molecule is Cc1ccc2nc(NC(=O)N3CCC(=O)CC3)sc2c1. The number of ketones is 1. The smallest absolute Gasteiger partial charge is 0.323 e. The van der Waals surface area contributed by atoms with Crippen molar-refractivity contribution >= 4 is 38.5 Å². The number of carbonyl (C=O) groups excluding carboxylic acids is 2. The zero-order chi connectivity index (χ0) is 14.1. The third-order valence-corrected chi connectivity index (χ3v) is 4.30. The lowest BCUT2D eigenvalue weighted by molar-refractivity contribution is -0.120. The van der Waals surface area contributed by atoms with E-state index < -0.39 is 0 Å². The van der Waals surface area contributed by atoms with E-state index in [1.807, 2.05) is 19.1 Å². The fourth-order valence-corrected chi connectivity index (χ4v) is 3.17. The van der Waals surface area contributed by atoms with Gasteiger partial charge in [-0.2, -0.15) is 0 Å². The van der Waals surface area contributed by atoms with Crippen LogP contribution in [0, 0.1) is 6.92 Å². The number of rotatable bonds is 1. The molecule has 1 saturated heterocycles. The van der Waals surface area contributed by atoms with Gasteiger partial charge in [-0.3, -0.25) is 10.1 Å². The van der Waals surface area contributed by atoms with Crippen LogP contribution in [0.3, 0.4) is 0 Å². The highest BCUT2D eigenvalue weighted by atomic mass is 32.1. The molecule has 2 heterocycles. The minimum atomic E-state index is -0.173. The van der Waals surface area contributed by atoms with Crippen LogP contribution in [0.15, 0.2) is 18.2 Å². The molecule has 104 valence electrons. The van der Waals surface area contributed by atoms with Crippen molar-refractivity contribution in [2.24, 2.45) is 0 Å². The number of likely N-dealkylation sites (tertiary alicyclic amines) is 1. The molecule has 2 amide bonds. The Morgan fingerprint density at radius 3 is 2.85 bits per heavy atom. The van der Waals surface area contributed by atoms with Gasteiger partial charge >= 0.3 is 6.03 Å². The lowest BCUT2D eigenvalue weighted by Crippen LogP contribution is -2.41. The molecule has 0 spiro atoms. The molecule has 1 aliphatic heterocycles. The van der Waals surface area contributed by atoms with E-state index in [1.165, 1.54) is 16.9 Å². The summed E-state index contributed by atoms with van der Waals surface area (Å²) in [6.07, 6.45) is 0.902. The highest BCUT2D eigenvalue weighted by Gasteiger charge is 2.21. The zero-order valence-electron chi connectivity index (χ0n) is 11.2. The molecule has 0 bridgehead atoms. The number of fused-ring (bicyclic) bond motifs is 1. The number of hydrogen-bond donors (Lipinski definition) is 1. The second-order valence-corrected chi connectivity index (χ2v) is 5.98. The molecule has 1 aromatic heterocycles. The summed E-state index contributed by atoms with van der Waals surface area (Å²) in [5, 5.41) is 3.42. The average molecular weight is 289 g/mol. The summed E-state index contributed by atoms with van der Waals surface area (Å²) in [6, 6.07) is 5.84. The van der Waals surface area contributed by atoms with E-state index in [4.69, 9.17) is 0 Å². The van der Waals surface area contributed by atoms with Gasteiger partial charge < -0.3 is 4.90 Å². The van der Waals surface area contributed by atoms with Gasteiger partial charge in [-0.05, 0) is 24.6 Å². The highest BCUT2D eigenvalue weighted by molar-refractivity contribution is 7.22. The molecule has 0 unspecified atom stereocenters. The number of Topliss-reactive ketones (excluding diaryl/α,β-unsaturated/α-hetero) is 1. The number of piperidine rings is 1. The van der Waals surface area contributed by atoms with Gasteiger partial charge in [0.15, 0.2) is 5.13 Å². The largest absolute Gasteiger partial charge is 0.324 e. The van der Waals surface area contributed by atoms with Crippen molar-refractivity contribution in [2.45, 2.75) is 19.8 Å². The molecule has 1 N–H and O–H groups in total. The van der Waals surface area contributed by atoms with E-state index in [-0.39, 0.29) is 11.8 Å². The molecule has 0 atom stereocenters. The topological polar surface area (TPSA) is 62.3 Å². The second-order valence-electron chi connectivity index (χ2n) is 4.95. The molecule has 1 aliphatic rings. The first-order chi connectivity index (χ1) is 9.61. The summed E-state index contributed by atoms with van der Waals surface area (Å²) in [5.74, 6) is 0.226. The third kappa shape index (κ3) is 2.65. The Kier molecular flexibility index (Phi) is 3.40. The first kappa shape index (κ1) is 13.1. The number of carbonyl (C=O) groups is 2. The maximum Gasteiger partial charge on any atom is 0.323 e. The number of urea groups is 1. The van der Waals surface area contributed by atoms with Gasteiger partial charge in [-0.15, -0.1) is 0 Å². The van der Waals surface area contributed by atoms with E-state index in [0.29, 0.717) is 31.1 Å². The Bertz CT molecular complexity index is 670. The minimum absolute atomic E-state index is 0.173. The standard InChI is InChI=1S/C14H15N3O2S/c1-9-2-3-11-12(8-9)20-13(15-11)16-14(19)17-6-4-10(18)5-7-17/h2-3,8H,4-7H2,1H3,(H,15,16,19). The Morgan fingerprint density at radius 2 is 2.10 bits per heavy atom. The quantitative estimate of drug-likeness (QED) is 0.878. The van der Waals surface area contributed by atoms with E-state index in [1.54, 1.807) is 4.90 Å². The molecule has 3 rings (SSSR count). The molecule has 5 nitrogen and oxygen atoms in total. The van der Waals surface area contributed by atoms with Gasteiger partial charge in [0.1, 0.15) is 5.78 Å². The molecule has 0 aliphatic carbocycles. The zero-order valence-corrected chi connectivity index (χ0v) is 12.0. The number of hydrogen-bond acceptors (Lipinski definition) is 4. The van der Waals surface area contributed by atoms with Crippen LogP contribution in [-0.2, 0) is 4.79 Å². The first-order valence-electron chi connectivity index (χ1n) is 6.56. The van der Waals surface area contributed by atoms with Crippen molar-refractivity contribution in [3.63, 3.8) is 0 Å². The number of nitrogens with zero attached hydrogens (tertiary/aromatic N) is 2. The van der Waals surface area contributed by atoms with Crippen molar-refractivity contribution < 1.29 is 9.59 Å². The number of thiazole rings is 1. The van der Waals surface area contributed by atoms with Crippen molar-refractivity contribution in [3.8, 4) is 0 Å². The van der Waals surface area contributed by atoms with Gasteiger partial charge in [0.25, 0.3) is 0 Å². The Morgan fingerprint density at radius 1 is 1.35 bits per heavy atom. The van der Waals surface area contributed by atoms with Crippen molar-refractivity contribution in [1.29, 1.82) is 0 Å². The fourth-order valence-electron chi connectivity index (χ4n) is 2.22. The van der Waals surface area contributed by atoms with Gasteiger partial charge in [0, 0.05) is 25.9 Å². The molecule has 0 radical (unpaired) electrons.